The number of likely N-dealkylation sites (N-methyl/N-ethyl adjacent to an activating group) is 1. The Morgan fingerprint density at radius 3 is 2.74 bits per heavy atom. The first-order valence-corrected chi connectivity index (χ1v) is 13.5. The van der Waals surface area contributed by atoms with E-state index >= 15 is 0 Å². The average Bonchev–Trinajstić information content (AvgIpc) is 3.20. The SMILES string of the molecule is CCOc1ccc2[nH]c3c(c2c1)C[C@@]1(C)C(=O)N(CCN(C)CCO)C(=O)CCC1[C@@H]3c1cccc(O)c1. The second-order valence-corrected chi connectivity index (χ2v) is 10.8. The monoisotopic (exact) mass is 519 g/mol. The van der Waals surface area contributed by atoms with Crippen molar-refractivity contribution in [3.05, 3.63) is 59.3 Å². The van der Waals surface area contributed by atoms with Crippen LogP contribution in [-0.2, 0) is 16.0 Å². The molecule has 3 aromatic rings. The minimum Gasteiger partial charge on any atom is -0.508 e. The number of nitrogens with zero attached hydrogens (tertiary/aromatic N) is 2. The first-order chi connectivity index (χ1) is 18.3. The number of carbonyl (C=O) groups is 2. The summed E-state index contributed by atoms with van der Waals surface area (Å²) < 4.78 is 5.79. The molecule has 1 saturated heterocycles. The van der Waals surface area contributed by atoms with Gasteiger partial charge in [0.15, 0.2) is 0 Å². The number of aliphatic hydroxyl groups is 1. The molecular formula is C30H37N3O5. The summed E-state index contributed by atoms with van der Waals surface area (Å²) in [5.74, 6) is 0.341. The van der Waals surface area contributed by atoms with Crippen molar-refractivity contribution in [3.63, 3.8) is 0 Å². The third-order valence-electron chi connectivity index (χ3n) is 8.42. The van der Waals surface area contributed by atoms with E-state index in [4.69, 9.17) is 4.74 Å². The lowest BCUT2D eigenvalue weighted by Gasteiger charge is -2.45. The summed E-state index contributed by atoms with van der Waals surface area (Å²) >= 11 is 0. The number of imide groups is 1. The van der Waals surface area contributed by atoms with Crippen LogP contribution in [-0.4, -0.2) is 76.7 Å². The van der Waals surface area contributed by atoms with Crippen molar-refractivity contribution in [2.24, 2.45) is 11.3 Å². The number of benzene rings is 2. The lowest BCUT2D eigenvalue weighted by Crippen LogP contribution is -2.51. The molecule has 38 heavy (non-hydrogen) atoms. The Kier molecular flexibility index (Phi) is 7.20. The summed E-state index contributed by atoms with van der Waals surface area (Å²) in [5, 5.41) is 20.7. The van der Waals surface area contributed by atoms with Gasteiger partial charge in [0.05, 0.1) is 18.6 Å². The number of aromatic hydroxyl groups is 1. The van der Waals surface area contributed by atoms with Gasteiger partial charge in [-0.15, -0.1) is 0 Å². The van der Waals surface area contributed by atoms with E-state index in [1.54, 1.807) is 12.1 Å². The zero-order chi connectivity index (χ0) is 27.0. The second-order valence-electron chi connectivity index (χ2n) is 10.8. The van der Waals surface area contributed by atoms with Crippen LogP contribution in [0.5, 0.6) is 11.5 Å². The van der Waals surface area contributed by atoms with Crippen LogP contribution in [0.25, 0.3) is 10.9 Å². The number of hydrogen-bond donors (Lipinski definition) is 3. The molecule has 3 N–H and O–H groups in total. The summed E-state index contributed by atoms with van der Waals surface area (Å²) in [6.45, 7) is 5.83. The van der Waals surface area contributed by atoms with Crippen LogP contribution in [0.3, 0.4) is 0 Å². The minimum absolute atomic E-state index is 0.0247. The number of nitrogens with one attached hydrogen (secondary N) is 1. The van der Waals surface area contributed by atoms with Gasteiger partial charge < -0.3 is 24.8 Å². The van der Waals surface area contributed by atoms with Crippen LogP contribution in [0.4, 0.5) is 0 Å². The predicted molar refractivity (Wildman–Crippen MR) is 145 cm³/mol. The Morgan fingerprint density at radius 2 is 2.00 bits per heavy atom. The molecule has 2 aliphatic rings. The molecular weight excluding hydrogens is 482 g/mol. The quantitative estimate of drug-likeness (QED) is 0.392. The van der Waals surface area contributed by atoms with Gasteiger partial charge >= 0.3 is 0 Å². The number of H-pyrrole nitrogens is 1. The number of likely N-dealkylation sites (tertiary alicyclic amines) is 1. The van der Waals surface area contributed by atoms with Crippen LogP contribution in [0.1, 0.15) is 49.4 Å². The molecule has 2 heterocycles. The van der Waals surface area contributed by atoms with E-state index in [9.17, 15) is 19.8 Å². The molecule has 0 radical (unpaired) electrons. The maximum absolute atomic E-state index is 14.3. The van der Waals surface area contributed by atoms with Gasteiger partial charge in [0.1, 0.15) is 11.5 Å². The van der Waals surface area contributed by atoms with Crippen molar-refractivity contribution in [2.45, 2.75) is 39.0 Å². The van der Waals surface area contributed by atoms with Crippen molar-refractivity contribution in [2.75, 3.05) is 39.9 Å². The number of phenols is 1. The Bertz CT molecular complexity index is 1350. The molecule has 1 fully saturated rings. The van der Waals surface area contributed by atoms with Crippen LogP contribution in [0.15, 0.2) is 42.5 Å². The van der Waals surface area contributed by atoms with Crippen LogP contribution in [0.2, 0.25) is 0 Å². The molecule has 0 spiro atoms. The van der Waals surface area contributed by atoms with Gasteiger partial charge in [0.25, 0.3) is 0 Å². The van der Waals surface area contributed by atoms with Gasteiger partial charge in [-0.1, -0.05) is 19.1 Å². The minimum atomic E-state index is -0.818. The third kappa shape index (κ3) is 4.56. The number of fused-ring (bicyclic) bond motifs is 4. The average molecular weight is 520 g/mol. The fourth-order valence-electron chi connectivity index (χ4n) is 6.48. The highest BCUT2D eigenvalue weighted by Crippen LogP contribution is 2.55. The third-order valence-corrected chi connectivity index (χ3v) is 8.42. The number of aromatic amines is 1. The smallest absolute Gasteiger partial charge is 0.235 e. The summed E-state index contributed by atoms with van der Waals surface area (Å²) in [6, 6.07) is 13.3. The van der Waals surface area contributed by atoms with Crippen LogP contribution < -0.4 is 4.74 Å². The molecule has 5 rings (SSSR count). The molecule has 3 atom stereocenters. The van der Waals surface area contributed by atoms with E-state index < -0.39 is 5.41 Å². The van der Waals surface area contributed by atoms with E-state index in [2.05, 4.69) is 4.98 Å². The molecule has 1 unspecified atom stereocenters. The number of rotatable bonds is 8. The fraction of sp³-hybridized carbons (Fsp3) is 0.467. The van der Waals surface area contributed by atoms with Crippen LogP contribution >= 0.6 is 0 Å². The fourth-order valence-corrected chi connectivity index (χ4v) is 6.48. The number of carbonyl (C=O) groups excluding carboxylic acids is 2. The zero-order valence-corrected chi connectivity index (χ0v) is 22.4. The van der Waals surface area contributed by atoms with Gasteiger partial charge in [-0.3, -0.25) is 14.5 Å². The molecule has 2 aromatic carbocycles. The van der Waals surface area contributed by atoms with E-state index in [-0.39, 0.29) is 42.4 Å². The highest BCUT2D eigenvalue weighted by atomic mass is 16.5. The Balaban J connectivity index is 1.63. The largest absolute Gasteiger partial charge is 0.508 e. The first kappa shape index (κ1) is 26.3. The second kappa shape index (κ2) is 10.4. The van der Waals surface area contributed by atoms with Crippen molar-refractivity contribution < 1.29 is 24.5 Å². The molecule has 1 aliphatic heterocycles. The number of aliphatic hydroxyl groups excluding tert-OH is 1. The normalized spacial score (nSPS) is 23.4. The summed E-state index contributed by atoms with van der Waals surface area (Å²) in [7, 11) is 1.88. The molecule has 8 nitrogen and oxygen atoms in total. The number of hydrogen-bond acceptors (Lipinski definition) is 6. The van der Waals surface area contributed by atoms with Crippen LogP contribution in [0, 0.1) is 11.3 Å². The number of ether oxygens (including phenoxy) is 1. The summed E-state index contributed by atoms with van der Waals surface area (Å²) in [6.07, 6.45) is 1.37. The topological polar surface area (TPSA) is 106 Å². The number of amides is 2. The van der Waals surface area contributed by atoms with Gasteiger partial charge in [0.2, 0.25) is 11.8 Å². The standard InChI is InChI=1S/C30H37N3O5/c1-4-38-21-8-10-25-22(17-21)23-18-30(2)24(27(28(23)31-25)19-6-5-7-20(35)16-19)9-11-26(36)33(29(30)37)13-12-32(3)14-15-34/h5-8,10,16-17,24,27,31,34-35H,4,9,11-15,18H2,1-3H3/t24?,27-,30+/m0/s1. The molecule has 1 aromatic heterocycles. The first-order valence-electron chi connectivity index (χ1n) is 13.5. The lowest BCUT2D eigenvalue weighted by atomic mass is 9.59. The number of phenolic OH excluding ortho intramolecular Hbond substituents is 1. The van der Waals surface area contributed by atoms with Crippen molar-refractivity contribution in [1.82, 2.24) is 14.8 Å². The van der Waals surface area contributed by atoms with Crippen molar-refractivity contribution >= 4 is 22.7 Å². The van der Waals surface area contributed by atoms with Gasteiger partial charge in [-0.2, -0.15) is 0 Å². The molecule has 2 amide bonds. The Hall–Kier alpha value is -3.36. The maximum atomic E-state index is 14.3. The molecule has 202 valence electrons. The molecule has 8 heteroatoms. The predicted octanol–water partition coefficient (Wildman–Crippen LogP) is 3.66. The Labute approximate surface area is 223 Å². The van der Waals surface area contributed by atoms with E-state index in [1.165, 1.54) is 4.90 Å². The Morgan fingerprint density at radius 1 is 1.18 bits per heavy atom. The lowest BCUT2D eigenvalue weighted by molar-refractivity contribution is -0.151. The van der Waals surface area contributed by atoms with E-state index in [0.717, 1.165) is 33.5 Å². The van der Waals surface area contributed by atoms with Crippen molar-refractivity contribution in [1.29, 1.82) is 0 Å². The van der Waals surface area contributed by atoms with E-state index in [0.29, 0.717) is 39.1 Å². The highest BCUT2D eigenvalue weighted by molar-refractivity contribution is 6.00. The van der Waals surface area contributed by atoms with Gasteiger partial charge in [-0.25, -0.2) is 0 Å². The summed E-state index contributed by atoms with van der Waals surface area (Å²) in [4.78, 5) is 34.6. The zero-order valence-electron chi connectivity index (χ0n) is 22.4. The van der Waals surface area contributed by atoms with E-state index in [1.807, 2.05) is 56.1 Å². The maximum Gasteiger partial charge on any atom is 0.235 e. The highest BCUT2D eigenvalue weighted by Gasteiger charge is 2.54. The summed E-state index contributed by atoms with van der Waals surface area (Å²) in [5.41, 5.74) is 3.19. The molecule has 0 bridgehead atoms. The molecule has 1 aliphatic carbocycles. The van der Waals surface area contributed by atoms with Crippen molar-refractivity contribution in [3.8, 4) is 11.5 Å². The van der Waals surface area contributed by atoms with Gasteiger partial charge in [-0.05, 0) is 74.2 Å². The molecule has 0 saturated carbocycles. The van der Waals surface area contributed by atoms with Gasteiger partial charge in [0, 0.05) is 48.6 Å². The number of aromatic nitrogens is 1.